The van der Waals surface area contributed by atoms with Gasteiger partial charge in [-0.15, -0.1) is 0 Å². The molecule has 1 atom stereocenters. The van der Waals surface area contributed by atoms with E-state index in [0.717, 1.165) is 4.47 Å². The molecule has 0 amide bonds. The Labute approximate surface area is 115 Å². The fourth-order valence-electron chi connectivity index (χ4n) is 1.47. The lowest BCUT2D eigenvalue weighted by molar-refractivity contribution is 0.615. The maximum Gasteiger partial charge on any atom is 0.127 e. The number of nitrogen functional groups attached to an aromatic ring is 1. The van der Waals surface area contributed by atoms with Crippen molar-refractivity contribution in [2.75, 3.05) is 5.73 Å². The van der Waals surface area contributed by atoms with Crippen molar-refractivity contribution < 1.29 is 8.60 Å². The highest BCUT2D eigenvalue weighted by Crippen LogP contribution is 2.21. The normalized spacial score (nSPS) is 12.3. The summed E-state index contributed by atoms with van der Waals surface area (Å²) in [5.74, 6) is -0.293. The first-order chi connectivity index (χ1) is 8.58. The van der Waals surface area contributed by atoms with E-state index in [0.29, 0.717) is 16.1 Å². The van der Waals surface area contributed by atoms with Crippen molar-refractivity contribution in [2.45, 2.75) is 10.6 Å². The lowest BCUT2D eigenvalue weighted by Crippen LogP contribution is -2.02. The maximum atomic E-state index is 13.5. The van der Waals surface area contributed by atoms with Crippen molar-refractivity contribution in [3.63, 3.8) is 0 Å². The van der Waals surface area contributed by atoms with Crippen LogP contribution in [0.4, 0.5) is 10.1 Å². The van der Waals surface area contributed by atoms with Gasteiger partial charge < -0.3 is 5.73 Å². The molecule has 3 nitrogen and oxygen atoms in total. The van der Waals surface area contributed by atoms with E-state index in [4.69, 9.17) is 5.73 Å². The van der Waals surface area contributed by atoms with Gasteiger partial charge in [-0.25, -0.2) is 4.39 Å². The van der Waals surface area contributed by atoms with Crippen LogP contribution in [0.3, 0.4) is 0 Å². The van der Waals surface area contributed by atoms with E-state index in [9.17, 15) is 8.60 Å². The number of rotatable bonds is 3. The quantitative estimate of drug-likeness (QED) is 0.942. The van der Waals surface area contributed by atoms with Crippen LogP contribution in [0.2, 0.25) is 0 Å². The first-order valence-corrected chi connectivity index (χ1v) is 7.21. The number of hydrogen-bond acceptors (Lipinski definition) is 3. The summed E-state index contributed by atoms with van der Waals surface area (Å²) >= 11 is 3.26. The Morgan fingerprint density at radius 2 is 2.17 bits per heavy atom. The highest BCUT2D eigenvalue weighted by molar-refractivity contribution is 9.10. The predicted molar refractivity (Wildman–Crippen MR) is 72.9 cm³/mol. The van der Waals surface area contributed by atoms with E-state index in [1.54, 1.807) is 18.2 Å². The molecule has 0 radical (unpaired) electrons. The molecule has 18 heavy (non-hydrogen) atoms. The zero-order valence-electron chi connectivity index (χ0n) is 9.27. The lowest BCUT2D eigenvalue weighted by atomic mass is 10.2. The number of anilines is 1. The second kappa shape index (κ2) is 5.58. The van der Waals surface area contributed by atoms with Crippen molar-refractivity contribution in [1.82, 2.24) is 4.98 Å². The Morgan fingerprint density at radius 1 is 1.39 bits per heavy atom. The van der Waals surface area contributed by atoms with Crippen molar-refractivity contribution in [3.05, 3.63) is 52.5 Å². The Hall–Kier alpha value is -1.27. The van der Waals surface area contributed by atoms with Crippen molar-refractivity contribution in [2.24, 2.45) is 0 Å². The third-order valence-electron chi connectivity index (χ3n) is 2.35. The largest absolute Gasteiger partial charge is 0.396 e. The molecule has 0 aliphatic heterocycles. The average molecular weight is 329 g/mol. The van der Waals surface area contributed by atoms with E-state index < -0.39 is 10.8 Å². The molecule has 1 unspecified atom stereocenters. The van der Waals surface area contributed by atoms with Gasteiger partial charge in [0.05, 0.1) is 33.3 Å². The number of halogens is 2. The zero-order valence-corrected chi connectivity index (χ0v) is 11.7. The molecule has 0 aliphatic carbocycles. The third kappa shape index (κ3) is 2.94. The minimum Gasteiger partial charge on any atom is -0.396 e. The number of nitrogens with two attached hydrogens (primary N) is 1. The lowest BCUT2D eigenvalue weighted by Gasteiger charge is -2.06. The maximum absolute atomic E-state index is 13.5. The minimum atomic E-state index is -1.39. The van der Waals surface area contributed by atoms with Gasteiger partial charge in [0.1, 0.15) is 5.82 Å². The molecule has 6 heteroatoms. The molecule has 1 aromatic heterocycles. The molecule has 0 bridgehead atoms. The van der Waals surface area contributed by atoms with E-state index in [1.165, 1.54) is 18.5 Å². The van der Waals surface area contributed by atoms with Gasteiger partial charge in [0.25, 0.3) is 0 Å². The first kappa shape index (κ1) is 13.2. The summed E-state index contributed by atoms with van der Waals surface area (Å²) in [4.78, 5) is 4.30. The van der Waals surface area contributed by atoms with Gasteiger partial charge >= 0.3 is 0 Å². The molecule has 94 valence electrons. The number of nitrogens with zero attached hydrogens (tertiary/aromatic N) is 1. The van der Waals surface area contributed by atoms with E-state index in [-0.39, 0.29) is 11.6 Å². The van der Waals surface area contributed by atoms with Gasteiger partial charge in [-0.05, 0) is 24.3 Å². The Bertz CT molecular complexity index is 606. The topological polar surface area (TPSA) is 56.0 Å². The monoisotopic (exact) mass is 328 g/mol. The Balaban J connectivity index is 2.27. The van der Waals surface area contributed by atoms with Crippen LogP contribution in [0.15, 0.2) is 46.0 Å². The summed E-state index contributed by atoms with van der Waals surface area (Å²) in [6.45, 7) is 0. The molecule has 0 spiro atoms. The van der Waals surface area contributed by atoms with Crippen LogP contribution in [-0.2, 0) is 16.6 Å². The smallest absolute Gasteiger partial charge is 0.127 e. The molecule has 1 heterocycles. The van der Waals surface area contributed by atoms with Crippen LogP contribution < -0.4 is 5.73 Å². The molecule has 0 aliphatic rings. The van der Waals surface area contributed by atoms with Crippen LogP contribution in [0.5, 0.6) is 0 Å². The van der Waals surface area contributed by atoms with Crippen molar-refractivity contribution >= 4 is 32.4 Å². The first-order valence-electron chi connectivity index (χ1n) is 5.09. The molecular formula is C12H10BrFN2OS. The van der Waals surface area contributed by atoms with Crippen LogP contribution in [0, 0.1) is 5.82 Å². The third-order valence-corrected chi connectivity index (χ3v) is 4.28. The second-order valence-electron chi connectivity index (χ2n) is 3.64. The summed E-state index contributed by atoms with van der Waals surface area (Å²) in [6.07, 6.45) is 2.95. The minimum absolute atomic E-state index is 0.0828. The summed E-state index contributed by atoms with van der Waals surface area (Å²) in [7, 11) is -1.39. The van der Waals surface area contributed by atoms with Gasteiger partial charge in [0.2, 0.25) is 0 Å². The Morgan fingerprint density at radius 3 is 2.89 bits per heavy atom. The fourth-order valence-corrected chi connectivity index (χ4v) is 3.07. The highest BCUT2D eigenvalue weighted by atomic mass is 79.9. The summed E-state index contributed by atoms with van der Waals surface area (Å²) in [5, 5.41) is 0. The molecule has 2 rings (SSSR count). The molecule has 0 saturated carbocycles. The molecular weight excluding hydrogens is 319 g/mol. The van der Waals surface area contributed by atoms with Crippen molar-refractivity contribution in [1.29, 1.82) is 0 Å². The summed E-state index contributed by atoms with van der Waals surface area (Å²) in [6, 6.07) is 6.14. The van der Waals surface area contributed by atoms with Crippen LogP contribution >= 0.6 is 15.9 Å². The number of pyridine rings is 1. The Kier molecular flexibility index (Phi) is 4.08. The molecule has 2 aromatic rings. The van der Waals surface area contributed by atoms with Gasteiger partial charge in [-0.2, -0.15) is 0 Å². The van der Waals surface area contributed by atoms with Crippen LogP contribution in [0.1, 0.15) is 5.56 Å². The average Bonchev–Trinajstić information content (AvgIpc) is 2.34. The predicted octanol–water partition coefficient (Wildman–Crippen LogP) is 2.87. The SMILES string of the molecule is Nc1cnccc1S(=O)Cc1cc(Br)ccc1F. The van der Waals surface area contributed by atoms with E-state index >= 15 is 0 Å². The second-order valence-corrected chi connectivity index (χ2v) is 5.97. The van der Waals surface area contributed by atoms with E-state index in [1.807, 2.05) is 0 Å². The molecule has 1 aromatic carbocycles. The molecule has 2 N–H and O–H groups in total. The van der Waals surface area contributed by atoms with Crippen LogP contribution in [0.25, 0.3) is 0 Å². The number of benzene rings is 1. The molecule has 0 fully saturated rings. The van der Waals surface area contributed by atoms with Gasteiger partial charge in [-0.1, -0.05) is 15.9 Å². The zero-order chi connectivity index (χ0) is 13.1. The summed E-state index contributed by atoms with van der Waals surface area (Å²) < 4.78 is 26.4. The fraction of sp³-hybridized carbons (Fsp3) is 0.0833. The van der Waals surface area contributed by atoms with Gasteiger partial charge in [0.15, 0.2) is 0 Å². The number of hydrogen-bond donors (Lipinski definition) is 1. The van der Waals surface area contributed by atoms with Gasteiger partial charge in [-0.3, -0.25) is 9.19 Å². The standard InChI is InChI=1S/C12H10BrFN2OS/c13-9-1-2-10(14)8(5-9)7-18(17)12-3-4-16-6-11(12)15/h1-6H,7,15H2. The van der Waals surface area contributed by atoms with Gasteiger partial charge in [0, 0.05) is 16.2 Å². The van der Waals surface area contributed by atoms with Crippen LogP contribution in [-0.4, -0.2) is 9.19 Å². The molecule has 0 saturated heterocycles. The summed E-state index contributed by atoms with van der Waals surface area (Å²) in [5.41, 5.74) is 6.43. The van der Waals surface area contributed by atoms with Crippen molar-refractivity contribution in [3.8, 4) is 0 Å². The van der Waals surface area contributed by atoms with E-state index in [2.05, 4.69) is 20.9 Å². The highest BCUT2D eigenvalue weighted by Gasteiger charge is 2.12. The number of aromatic nitrogens is 1.